The predicted octanol–water partition coefficient (Wildman–Crippen LogP) is 1.34. The van der Waals surface area contributed by atoms with Crippen molar-refractivity contribution in [3.05, 3.63) is 69.7 Å². The standard InChI is InChI=1S/C53H79BrN10O17/c54-40-18-14-38(15-19-40)34-64(26-8-5-9-41(51(77)78)60-53(81)61-42(52(79)80)20-21-46(68)69)50(76)39-16-12-37(13-17-39)31-59-44(66)11-4-7-23-57-43(65)10-3-1-2-6-22-58-45(67)35-62(27-24-55-32-47(70)71)29-30-63(36-49(74)75)28-25-56-33-48(72)73/h12-19,41-42,55-56H,1-11,20-36H2,(H,57,65)(H,58,67)(H,59,66)(H,68,69)(H,70,71)(H,72,73)(H,74,75)(H,77,78)(H,79,80)(H2,60,61,81)/t41-,42-/m1/s1. The van der Waals surface area contributed by atoms with Crippen LogP contribution in [0, 0.1) is 0 Å². The van der Waals surface area contributed by atoms with Crippen molar-refractivity contribution in [2.45, 2.75) is 109 Å². The fourth-order valence-electron chi connectivity index (χ4n) is 7.95. The average molecular weight is 1210 g/mol. The second-order valence-corrected chi connectivity index (χ2v) is 20.0. The number of unbranched alkanes of at least 4 members (excludes halogenated alkanes) is 5. The molecule has 0 aliphatic carbocycles. The minimum Gasteiger partial charge on any atom is -0.481 e. The summed E-state index contributed by atoms with van der Waals surface area (Å²) in [6.45, 7) is 2.39. The number of nitrogens with one attached hydrogen (secondary N) is 7. The highest BCUT2D eigenvalue weighted by atomic mass is 79.9. The van der Waals surface area contributed by atoms with Gasteiger partial charge in [0, 0.05) is 101 Å². The molecule has 6 amide bonds. The van der Waals surface area contributed by atoms with Crippen LogP contribution in [0.4, 0.5) is 4.79 Å². The molecular formula is C53H79BrN10O17. The molecule has 0 bridgehead atoms. The molecule has 2 aromatic rings. The van der Waals surface area contributed by atoms with Crippen molar-refractivity contribution in [3.63, 3.8) is 0 Å². The van der Waals surface area contributed by atoms with Gasteiger partial charge in [-0.1, -0.05) is 53.0 Å². The lowest BCUT2D eigenvalue weighted by Crippen LogP contribution is -2.51. The Morgan fingerprint density at radius 2 is 0.963 bits per heavy atom. The molecule has 2 atom stereocenters. The van der Waals surface area contributed by atoms with Crippen molar-refractivity contribution in [2.75, 3.05) is 85.1 Å². The van der Waals surface area contributed by atoms with Crippen molar-refractivity contribution in [1.82, 2.24) is 51.9 Å². The molecule has 27 nitrogen and oxygen atoms in total. The van der Waals surface area contributed by atoms with Gasteiger partial charge in [-0.15, -0.1) is 0 Å². The quantitative estimate of drug-likeness (QED) is 0.0416. The van der Waals surface area contributed by atoms with Crippen LogP contribution in [0.1, 0.15) is 105 Å². The monoisotopic (exact) mass is 1210 g/mol. The first kappa shape index (κ1) is 69.8. The number of hydrogen-bond donors (Lipinski definition) is 13. The number of carboxylic acid groups (broad SMARTS) is 6. The first-order chi connectivity index (χ1) is 38.6. The molecule has 0 spiro atoms. The van der Waals surface area contributed by atoms with Crippen LogP contribution >= 0.6 is 15.9 Å². The zero-order chi connectivity index (χ0) is 60.0. The molecule has 0 aliphatic rings. The van der Waals surface area contributed by atoms with Gasteiger partial charge in [-0.3, -0.25) is 48.2 Å². The molecule has 2 rings (SSSR count). The molecule has 28 heteroatoms. The Morgan fingerprint density at radius 1 is 0.457 bits per heavy atom. The number of benzene rings is 2. The van der Waals surface area contributed by atoms with Crippen LogP contribution in [0.25, 0.3) is 0 Å². The molecular weight excluding hydrogens is 1130 g/mol. The molecule has 0 radical (unpaired) electrons. The number of nitrogens with zero attached hydrogens (tertiary/aromatic N) is 3. The van der Waals surface area contributed by atoms with E-state index in [9.17, 15) is 68.1 Å². The molecule has 0 saturated heterocycles. The summed E-state index contributed by atoms with van der Waals surface area (Å²) in [5.74, 6) is -8.04. The molecule has 0 heterocycles. The summed E-state index contributed by atoms with van der Waals surface area (Å²) in [5, 5.41) is 73.4. The van der Waals surface area contributed by atoms with E-state index in [0.29, 0.717) is 70.3 Å². The second-order valence-electron chi connectivity index (χ2n) is 19.1. The Balaban J connectivity index is 1.72. The Bertz CT molecular complexity index is 2330. The summed E-state index contributed by atoms with van der Waals surface area (Å²) in [6, 6.07) is 10.2. The zero-order valence-electron chi connectivity index (χ0n) is 45.5. The van der Waals surface area contributed by atoms with Crippen molar-refractivity contribution < 1.29 is 83.4 Å². The fourth-order valence-corrected chi connectivity index (χ4v) is 8.21. The summed E-state index contributed by atoms with van der Waals surface area (Å²) in [5.41, 5.74) is 1.98. The molecule has 81 heavy (non-hydrogen) atoms. The van der Waals surface area contributed by atoms with E-state index in [1.165, 1.54) is 0 Å². The summed E-state index contributed by atoms with van der Waals surface area (Å²) in [6.07, 6.45) is 4.23. The number of carboxylic acids is 6. The first-order valence-electron chi connectivity index (χ1n) is 26.8. The highest BCUT2D eigenvalue weighted by molar-refractivity contribution is 9.10. The number of urea groups is 1. The number of amides is 6. The summed E-state index contributed by atoms with van der Waals surface area (Å²) < 4.78 is 0.848. The van der Waals surface area contributed by atoms with E-state index >= 15 is 0 Å². The van der Waals surface area contributed by atoms with E-state index in [4.69, 9.17) is 15.3 Å². The molecule has 0 fully saturated rings. The lowest BCUT2D eigenvalue weighted by molar-refractivity contribution is -0.141. The van der Waals surface area contributed by atoms with Gasteiger partial charge in [-0.25, -0.2) is 14.4 Å². The van der Waals surface area contributed by atoms with Gasteiger partial charge in [0.1, 0.15) is 12.1 Å². The van der Waals surface area contributed by atoms with E-state index in [1.54, 1.807) is 39.0 Å². The molecule has 0 aliphatic heterocycles. The largest absolute Gasteiger partial charge is 0.481 e. The number of rotatable bonds is 46. The van der Waals surface area contributed by atoms with E-state index < -0.39 is 66.8 Å². The van der Waals surface area contributed by atoms with E-state index in [2.05, 4.69) is 53.1 Å². The predicted molar refractivity (Wildman–Crippen MR) is 297 cm³/mol. The maximum atomic E-state index is 13.8. The third-order valence-corrected chi connectivity index (χ3v) is 12.8. The van der Waals surface area contributed by atoms with Crippen molar-refractivity contribution in [1.29, 1.82) is 0 Å². The number of carbonyl (C=O) groups excluding carboxylic acids is 5. The van der Waals surface area contributed by atoms with Crippen LogP contribution in [0.2, 0.25) is 0 Å². The maximum absolute atomic E-state index is 13.8. The zero-order valence-corrected chi connectivity index (χ0v) is 47.1. The molecule has 0 unspecified atom stereocenters. The highest BCUT2D eigenvalue weighted by Gasteiger charge is 2.26. The van der Waals surface area contributed by atoms with Crippen molar-refractivity contribution in [3.8, 4) is 0 Å². The minimum absolute atomic E-state index is 0.00105. The molecule has 0 aromatic heterocycles. The van der Waals surface area contributed by atoms with Crippen molar-refractivity contribution >= 4 is 81.4 Å². The van der Waals surface area contributed by atoms with Crippen LogP contribution in [-0.4, -0.2) is 208 Å². The smallest absolute Gasteiger partial charge is 0.326 e. The topological polar surface area (TPSA) is 403 Å². The molecule has 13 N–H and O–H groups in total. The lowest BCUT2D eigenvalue weighted by Gasteiger charge is -2.26. The number of hydrogen-bond acceptors (Lipinski definition) is 15. The SMILES string of the molecule is O=C(O)CC[C@@H](NC(=O)N[C@H](CCCCN(Cc1ccc(Br)cc1)C(=O)c1ccc(CNC(=O)CCCCNC(=O)CCCCCCNC(=O)CN(CCNCC(=O)O)CCN(CCNCC(=O)O)CC(=O)O)cc1)C(=O)O)C(=O)O. The van der Waals surface area contributed by atoms with Crippen LogP contribution in [0.15, 0.2) is 53.0 Å². The van der Waals surface area contributed by atoms with Crippen LogP contribution in [0.5, 0.6) is 0 Å². The van der Waals surface area contributed by atoms with Gasteiger partial charge >= 0.3 is 41.8 Å². The fraction of sp³-hybridized carbons (Fsp3) is 0.566. The average Bonchev–Trinajstić information content (AvgIpc) is 3.41. The lowest BCUT2D eigenvalue weighted by atomic mass is 10.1. The van der Waals surface area contributed by atoms with Crippen molar-refractivity contribution in [2.24, 2.45) is 0 Å². The third kappa shape index (κ3) is 34.5. The molecule has 450 valence electrons. The van der Waals surface area contributed by atoms with Gasteiger partial charge in [-0.05, 0) is 86.8 Å². The van der Waals surface area contributed by atoms with Gasteiger partial charge in [0.2, 0.25) is 17.7 Å². The minimum atomic E-state index is -1.54. The third-order valence-electron chi connectivity index (χ3n) is 12.3. The summed E-state index contributed by atoms with van der Waals surface area (Å²) >= 11 is 3.41. The normalized spacial score (nSPS) is 11.7. The Kier molecular flexibility index (Phi) is 35.2. The van der Waals surface area contributed by atoms with Gasteiger partial charge in [0.25, 0.3) is 5.91 Å². The number of halogens is 1. The van der Waals surface area contributed by atoms with Crippen LogP contribution in [-0.2, 0) is 56.2 Å². The molecule has 0 saturated carbocycles. The van der Waals surface area contributed by atoms with Gasteiger partial charge < -0.3 is 72.8 Å². The highest BCUT2D eigenvalue weighted by Crippen LogP contribution is 2.17. The van der Waals surface area contributed by atoms with E-state index in [0.717, 1.165) is 28.4 Å². The second kappa shape index (κ2) is 40.8. The maximum Gasteiger partial charge on any atom is 0.326 e. The van der Waals surface area contributed by atoms with Gasteiger partial charge in [0.05, 0.1) is 26.2 Å². The number of aliphatic carboxylic acids is 6. The van der Waals surface area contributed by atoms with E-state index in [1.807, 2.05) is 24.3 Å². The van der Waals surface area contributed by atoms with Gasteiger partial charge in [-0.2, -0.15) is 0 Å². The number of carbonyl (C=O) groups is 11. The Morgan fingerprint density at radius 3 is 1.52 bits per heavy atom. The summed E-state index contributed by atoms with van der Waals surface area (Å²) in [4.78, 5) is 137. The summed E-state index contributed by atoms with van der Waals surface area (Å²) in [7, 11) is 0. The first-order valence-corrected chi connectivity index (χ1v) is 27.6. The Labute approximate surface area is 478 Å². The van der Waals surface area contributed by atoms with E-state index in [-0.39, 0.29) is 115 Å². The van der Waals surface area contributed by atoms with Crippen LogP contribution < -0.4 is 37.2 Å². The molecule has 2 aromatic carbocycles. The van der Waals surface area contributed by atoms with Gasteiger partial charge in [0.15, 0.2) is 0 Å². The van der Waals surface area contributed by atoms with Crippen LogP contribution in [0.3, 0.4) is 0 Å². The Hall–Kier alpha value is -7.27.